The quantitative estimate of drug-likeness (QED) is 0.825. The van der Waals surface area contributed by atoms with Gasteiger partial charge in [0.25, 0.3) is 0 Å². The molecular formula is C24H26N2O4. The van der Waals surface area contributed by atoms with Crippen LogP contribution in [0.15, 0.2) is 48.5 Å². The maximum Gasteiger partial charge on any atom is 0.227 e. The lowest BCUT2D eigenvalue weighted by atomic mass is 9.72. The smallest absolute Gasteiger partial charge is 0.227 e. The summed E-state index contributed by atoms with van der Waals surface area (Å²) in [5, 5.41) is 20.0. The molecule has 2 aliphatic heterocycles. The topological polar surface area (TPSA) is 82.8 Å². The number of likely N-dealkylation sites (tertiary alicyclic amines) is 1. The summed E-state index contributed by atoms with van der Waals surface area (Å²) in [6.07, 6.45) is 1.33. The molecule has 1 amide bonds. The monoisotopic (exact) mass is 406 g/mol. The molecule has 0 bridgehead atoms. The van der Waals surface area contributed by atoms with Gasteiger partial charge < -0.3 is 19.5 Å². The van der Waals surface area contributed by atoms with Gasteiger partial charge in [-0.15, -0.1) is 0 Å². The number of ether oxygens (including phenoxy) is 2. The minimum atomic E-state index is -0.586. The van der Waals surface area contributed by atoms with Crippen LogP contribution in [0, 0.1) is 17.2 Å². The fraction of sp³-hybridized carbons (Fsp3) is 0.417. The number of carbonyl (C=O) groups excluding carboxylic acids is 1. The molecule has 1 N–H and O–H groups in total. The fourth-order valence-corrected chi connectivity index (χ4v) is 4.66. The Morgan fingerprint density at radius 3 is 2.53 bits per heavy atom. The van der Waals surface area contributed by atoms with Crippen LogP contribution in [0.1, 0.15) is 24.3 Å². The lowest BCUT2D eigenvalue weighted by Crippen LogP contribution is -2.66. The van der Waals surface area contributed by atoms with Crippen molar-refractivity contribution in [2.24, 2.45) is 5.92 Å². The molecule has 2 aromatic rings. The van der Waals surface area contributed by atoms with E-state index in [1.165, 1.54) is 0 Å². The van der Waals surface area contributed by atoms with E-state index in [-0.39, 0.29) is 24.3 Å². The molecule has 6 nitrogen and oxygen atoms in total. The van der Waals surface area contributed by atoms with E-state index < -0.39 is 12.1 Å². The van der Waals surface area contributed by atoms with Crippen LogP contribution in [0.25, 0.3) is 11.1 Å². The largest absolute Gasteiger partial charge is 0.497 e. The Morgan fingerprint density at radius 2 is 1.90 bits per heavy atom. The van der Waals surface area contributed by atoms with Crippen molar-refractivity contribution in [3.63, 3.8) is 0 Å². The molecule has 156 valence electrons. The first-order valence-corrected chi connectivity index (χ1v) is 10.3. The van der Waals surface area contributed by atoms with Gasteiger partial charge in [-0.3, -0.25) is 4.79 Å². The van der Waals surface area contributed by atoms with E-state index >= 15 is 0 Å². The summed E-state index contributed by atoms with van der Waals surface area (Å²) >= 11 is 0. The summed E-state index contributed by atoms with van der Waals surface area (Å²) in [5.41, 5.74) is 2.99. The van der Waals surface area contributed by atoms with Gasteiger partial charge in [0.2, 0.25) is 5.91 Å². The van der Waals surface area contributed by atoms with Gasteiger partial charge in [-0.1, -0.05) is 36.4 Å². The zero-order valence-corrected chi connectivity index (χ0v) is 17.0. The highest BCUT2D eigenvalue weighted by Gasteiger charge is 2.53. The molecule has 2 fully saturated rings. The molecule has 4 rings (SSSR count). The average Bonchev–Trinajstić information content (AvgIpc) is 2.80. The third-order valence-electron chi connectivity index (χ3n) is 6.28. The van der Waals surface area contributed by atoms with Crippen LogP contribution in [0.5, 0.6) is 5.75 Å². The predicted octanol–water partition coefficient (Wildman–Crippen LogP) is 2.97. The van der Waals surface area contributed by atoms with Crippen molar-refractivity contribution in [2.75, 3.05) is 26.9 Å². The van der Waals surface area contributed by atoms with E-state index in [9.17, 15) is 15.2 Å². The maximum absolute atomic E-state index is 13.1. The van der Waals surface area contributed by atoms with Gasteiger partial charge in [0.05, 0.1) is 25.8 Å². The molecule has 0 radical (unpaired) electrons. The summed E-state index contributed by atoms with van der Waals surface area (Å²) in [4.78, 5) is 14.7. The Labute approximate surface area is 176 Å². The molecule has 0 unspecified atom stereocenters. The van der Waals surface area contributed by atoms with Gasteiger partial charge in [-0.2, -0.15) is 5.26 Å². The van der Waals surface area contributed by atoms with Gasteiger partial charge >= 0.3 is 0 Å². The van der Waals surface area contributed by atoms with E-state index in [0.29, 0.717) is 26.1 Å². The lowest BCUT2D eigenvalue weighted by molar-refractivity contribution is -0.154. The predicted molar refractivity (Wildman–Crippen MR) is 112 cm³/mol. The van der Waals surface area contributed by atoms with Crippen LogP contribution < -0.4 is 4.74 Å². The highest BCUT2D eigenvalue weighted by Crippen LogP contribution is 2.45. The van der Waals surface area contributed by atoms with Crippen molar-refractivity contribution in [3.8, 4) is 22.9 Å². The molecule has 0 saturated carbocycles. The number of aliphatic hydroxyl groups excluding tert-OH is 1. The third-order valence-corrected chi connectivity index (χ3v) is 6.28. The number of amides is 1. The van der Waals surface area contributed by atoms with Crippen molar-refractivity contribution in [1.29, 1.82) is 5.26 Å². The normalized spacial score (nSPS) is 24.0. The summed E-state index contributed by atoms with van der Waals surface area (Å²) in [7, 11) is 1.63. The molecule has 2 heterocycles. The lowest BCUT2D eigenvalue weighted by Gasteiger charge is -2.53. The van der Waals surface area contributed by atoms with E-state index in [1.807, 2.05) is 48.5 Å². The molecule has 0 aliphatic carbocycles. The van der Waals surface area contributed by atoms with Gasteiger partial charge in [0, 0.05) is 25.0 Å². The van der Waals surface area contributed by atoms with E-state index in [0.717, 1.165) is 22.4 Å². The number of rotatable bonds is 5. The van der Waals surface area contributed by atoms with Crippen LogP contribution in [0.3, 0.4) is 0 Å². The third kappa shape index (κ3) is 3.55. The fourth-order valence-electron chi connectivity index (χ4n) is 4.66. The number of hydrogen-bond donors (Lipinski definition) is 1. The number of aliphatic hydroxyl groups is 1. The highest BCUT2D eigenvalue weighted by atomic mass is 16.5. The summed E-state index contributed by atoms with van der Waals surface area (Å²) in [6, 6.07) is 17.0. The number of methoxy groups -OCH3 is 1. The van der Waals surface area contributed by atoms with Crippen molar-refractivity contribution in [1.82, 2.24) is 4.90 Å². The van der Waals surface area contributed by atoms with Crippen molar-refractivity contribution < 1.29 is 19.4 Å². The molecule has 3 atom stereocenters. The molecule has 2 aliphatic rings. The average molecular weight is 406 g/mol. The minimum absolute atomic E-state index is 0.0397. The molecule has 2 aromatic carbocycles. The number of nitriles is 1. The second-order valence-corrected chi connectivity index (χ2v) is 7.80. The highest BCUT2D eigenvalue weighted by molar-refractivity contribution is 5.82. The molecular weight excluding hydrogens is 380 g/mol. The van der Waals surface area contributed by atoms with Crippen LogP contribution in [0.4, 0.5) is 0 Å². The minimum Gasteiger partial charge on any atom is -0.497 e. The molecule has 0 spiro atoms. The first-order valence-electron chi connectivity index (χ1n) is 10.3. The van der Waals surface area contributed by atoms with Gasteiger partial charge in [0.15, 0.2) is 0 Å². The van der Waals surface area contributed by atoms with Gasteiger partial charge in [-0.25, -0.2) is 0 Å². The van der Waals surface area contributed by atoms with E-state index in [1.54, 1.807) is 12.0 Å². The standard InChI is InChI=1S/C24H26N2O4/c1-29-18-8-6-16(7-9-18)19-4-2-3-5-20(19)23-21(14-25)26(22(23)15-27)24(28)17-10-12-30-13-11-17/h2-9,17,21-23,27H,10-13,15H2,1H3/t21-,22+,23+/m1/s1. The summed E-state index contributed by atoms with van der Waals surface area (Å²) < 4.78 is 10.6. The Morgan fingerprint density at radius 1 is 1.20 bits per heavy atom. The Bertz CT molecular complexity index is 931. The Kier molecular flexibility index (Phi) is 6.03. The molecule has 6 heteroatoms. The van der Waals surface area contributed by atoms with E-state index in [4.69, 9.17) is 9.47 Å². The zero-order valence-electron chi connectivity index (χ0n) is 17.0. The zero-order chi connectivity index (χ0) is 21.1. The molecule has 2 saturated heterocycles. The number of nitrogens with zero attached hydrogens (tertiary/aromatic N) is 2. The van der Waals surface area contributed by atoms with Crippen molar-refractivity contribution in [2.45, 2.75) is 30.8 Å². The Hall–Kier alpha value is -2.88. The van der Waals surface area contributed by atoms with Gasteiger partial charge in [-0.05, 0) is 41.7 Å². The van der Waals surface area contributed by atoms with Gasteiger partial charge in [0.1, 0.15) is 11.8 Å². The maximum atomic E-state index is 13.1. The van der Waals surface area contributed by atoms with Crippen LogP contribution >= 0.6 is 0 Å². The molecule has 30 heavy (non-hydrogen) atoms. The first-order chi connectivity index (χ1) is 14.7. The second kappa shape index (κ2) is 8.86. The van der Waals surface area contributed by atoms with Crippen LogP contribution in [-0.2, 0) is 9.53 Å². The Balaban J connectivity index is 1.65. The van der Waals surface area contributed by atoms with Crippen LogP contribution in [0.2, 0.25) is 0 Å². The van der Waals surface area contributed by atoms with Crippen molar-refractivity contribution >= 4 is 5.91 Å². The summed E-state index contributed by atoms with van der Waals surface area (Å²) in [6.45, 7) is 0.957. The molecule has 0 aromatic heterocycles. The number of benzene rings is 2. The SMILES string of the molecule is COc1ccc(-c2ccccc2[C@H]2[C@@H](C#N)N(C(=O)C3CCOCC3)[C@H]2CO)cc1. The number of carbonyl (C=O) groups is 1. The summed E-state index contributed by atoms with van der Waals surface area (Å²) in [5.74, 6) is 0.363. The second-order valence-electron chi connectivity index (χ2n) is 7.80. The van der Waals surface area contributed by atoms with Crippen LogP contribution in [-0.4, -0.2) is 54.9 Å². The first kappa shape index (κ1) is 20.4. The number of hydrogen-bond acceptors (Lipinski definition) is 5. The van der Waals surface area contributed by atoms with Crippen molar-refractivity contribution in [3.05, 3.63) is 54.1 Å². The van der Waals surface area contributed by atoms with E-state index in [2.05, 4.69) is 6.07 Å².